The molecule has 0 saturated carbocycles. The van der Waals surface area contributed by atoms with Crippen molar-refractivity contribution in [2.45, 2.75) is 65.6 Å². The highest BCUT2D eigenvalue weighted by molar-refractivity contribution is 7.15. The molecule has 0 aliphatic heterocycles. The van der Waals surface area contributed by atoms with Crippen LogP contribution in [-0.2, 0) is 27.4 Å². The molecule has 2 aromatic heterocycles. The summed E-state index contributed by atoms with van der Waals surface area (Å²) in [5.74, 6) is 0. The van der Waals surface area contributed by atoms with Gasteiger partial charge in [0.05, 0.1) is 29.5 Å². The fourth-order valence-corrected chi connectivity index (χ4v) is 6.25. The second-order valence-corrected chi connectivity index (χ2v) is 12.7. The average Bonchev–Trinajstić information content (AvgIpc) is 3.75. The van der Waals surface area contributed by atoms with Crippen LogP contribution < -0.4 is 10.6 Å². The number of aldehydes is 1. The lowest BCUT2D eigenvalue weighted by molar-refractivity contribution is -0.126. The molecule has 0 spiro atoms. The molecule has 0 saturated heterocycles. The molecular formula is C35H49N5O3S2. The summed E-state index contributed by atoms with van der Waals surface area (Å²) in [6.07, 6.45) is 9.25. The van der Waals surface area contributed by atoms with Gasteiger partial charge in [-0.05, 0) is 68.7 Å². The lowest BCUT2D eigenvalue weighted by Gasteiger charge is -2.12. The van der Waals surface area contributed by atoms with E-state index in [1.165, 1.54) is 50.5 Å². The van der Waals surface area contributed by atoms with Crippen molar-refractivity contribution in [1.82, 2.24) is 25.5 Å². The number of carbonyl (C=O) groups excluding carboxylic acids is 2. The normalized spacial score (nSPS) is 11.2. The van der Waals surface area contributed by atoms with Crippen molar-refractivity contribution in [3.8, 4) is 32.0 Å². The third-order valence-corrected chi connectivity index (χ3v) is 8.80. The van der Waals surface area contributed by atoms with Gasteiger partial charge in [0, 0.05) is 18.9 Å². The molecule has 1 unspecified atom stereocenters. The second kappa shape index (κ2) is 22.3. The number of hydrogen-bond acceptors (Lipinski definition) is 10. The van der Waals surface area contributed by atoms with E-state index in [4.69, 9.17) is 4.79 Å². The van der Waals surface area contributed by atoms with Crippen LogP contribution in [0, 0.1) is 0 Å². The number of ether oxygens (including phenoxy) is 1. The second-order valence-electron chi connectivity index (χ2n) is 10.5. The van der Waals surface area contributed by atoms with E-state index in [0.29, 0.717) is 6.47 Å². The summed E-state index contributed by atoms with van der Waals surface area (Å²) in [7, 11) is 5.27. The standard InChI is InChI=1S/C27H32N4S2.C6H13NO.C2H4O2/c1-4-14-28-18-26-29-16-24(32-26)22-10-6-20(7-11-22)21-8-12-23(13-9-21)25-17-30-27(33-25)19-31(3)15-5-2;1-3-4-6(5-8)7-2;1-4-2-3/h6-13,16-17,28H,4-5,14-15,18-19H2,1-3H3;5-7H,3-4H2,1-2H3;2H,1H3. The van der Waals surface area contributed by atoms with Crippen LogP contribution in [0.1, 0.15) is 56.5 Å². The molecule has 0 radical (unpaired) electrons. The molecule has 2 aromatic carbocycles. The highest BCUT2D eigenvalue weighted by Gasteiger charge is 2.09. The van der Waals surface area contributed by atoms with Crippen molar-refractivity contribution in [1.29, 1.82) is 0 Å². The minimum Gasteiger partial charge on any atom is -0.471 e. The molecule has 4 aromatic rings. The van der Waals surface area contributed by atoms with Crippen molar-refractivity contribution in [2.24, 2.45) is 0 Å². The maximum atomic E-state index is 10.1. The largest absolute Gasteiger partial charge is 0.471 e. The number of thiazole rings is 2. The van der Waals surface area contributed by atoms with E-state index >= 15 is 0 Å². The molecular weight excluding hydrogens is 603 g/mol. The van der Waals surface area contributed by atoms with Crippen LogP contribution in [0.2, 0.25) is 0 Å². The summed E-state index contributed by atoms with van der Waals surface area (Å²) < 4.78 is 3.86. The molecule has 0 aliphatic carbocycles. The molecule has 1 atom stereocenters. The minimum atomic E-state index is 0.0694. The topological polar surface area (TPSA) is 96.4 Å². The predicted molar refractivity (Wildman–Crippen MR) is 190 cm³/mol. The fraction of sp³-hybridized carbons (Fsp3) is 0.429. The van der Waals surface area contributed by atoms with Gasteiger partial charge in [0.2, 0.25) is 0 Å². The van der Waals surface area contributed by atoms with Crippen molar-refractivity contribution in [3.63, 3.8) is 0 Å². The molecule has 4 rings (SSSR count). The maximum Gasteiger partial charge on any atom is 0.292 e. The highest BCUT2D eigenvalue weighted by Crippen LogP contribution is 2.31. The first-order valence-corrected chi connectivity index (χ1v) is 17.1. The Hall–Kier alpha value is -3.28. The van der Waals surface area contributed by atoms with Gasteiger partial charge in [-0.3, -0.25) is 9.69 Å². The smallest absolute Gasteiger partial charge is 0.292 e. The average molecular weight is 652 g/mol. The number of nitrogens with zero attached hydrogens (tertiary/aromatic N) is 3. The van der Waals surface area contributed by atoms with Gasteiger partial charge in [-0.15, -0.1) is 22.7 Å². The summed E-state index contributed by atoms with van der Waals surface area (Å²) in [6, 6.07) is 17.7. The summed E-state index contributed by atoms with van der Waals surface area (Å²) in [5.41, 5.74) is 4.91. The van der Waals surface area contributed by atoms with Crippen LogP contribution in [-0.4, -0.2) is 68.0 Å². The summed E-state index contributed by atoms with van der Waals surface area (Å²) in [6.45, 7) is 10.7. The Morgan fingerprint density at radius 2 is 1.33 bits per heavy atom. The number of methoxy groups -OCH3 is 1. The quantitative estimate of drug-likeness (QED) is 0.0963. The molecule has 0 bridgehead atoms. The van der Waals surface area contributed by atoms with Gasteiger partial charge >= 0.3 is 0 Å². The molecule has 0 fully saturated rings. The monoisotopic (exact) mass is 651 g/mol. The molecule has 10 heteroatoms. The van der Waals surface area contributed by atoms with Gasteiger partial charge in [0.15, 0.2) is 0 Å². The van der Waals surface area contributed by atoms with E-state index in [1.54, 1.807) is 29.7 Å². The van der Waals surface area contributed by atoms with E-state index in [9.17, 15) is 4.79 Å². The SMILES string of the molecule is CCCC(C=O)NC.CCCNCc1ncc(-c2ccc(-c3ccc(-c4cnc(CN(C)CCC)s4)cc3)cc2)s1.COC=O. The van der Waals surface area contributed by atoms with Gasteiger partial charge in [-0.25, -0.2) is 9.97 Å². The Morgan fingerprint density at radius 3 is 1.76 bits per heavy atom. The van der Waals surface area contributed by atoms with Crippen LogP contribution in [0.4, 0.5) is 0 Å². The number of rotatable bonds is 16. The van der Waals surface area contributed by atoms with E-state index in [-0.39, 0.29) is 6.04 Å². The molecule has 2 N–H and O–H groups in total. The number of carbonyl (C=O) groups is 2. The van der Waals surface area contributed by atoms with Crippen molar-refractivity contribution >= 4 is 35.4 Å². The first-order valence-electron chi connectivity index (χ1n) is 15.5. The van der Waals surface area contributed by atoms with E-state index < -0.39 is 0 Å². The maximum absolute atomic E-state index is 10.1. The van der Waals surface area contributed by atoms with Crippen molar-refractivity contribution in [3.05, 3.63) is 70.9 Å². The van der Waals surface area contributed by atoms with Crippen LogP contribution >= 0.6 is 22.7 Å². The van der Waals surface area contributed by atoms with Gasteiger partial charge in [-0.1, -0.05) is 75.7 Å². The van der Waals surface area contributed by atoms with Crippen molar-refractivity contribution in [2.75, 3.05) is 34.3 Å². The summed E-state index contributed by atoms with van der Waals surface area (Å²) >= 11 is 3.55. The third-order valence-electron chi connectivity index (χ3n) is 6.72. The minimum absolute atomic E-state index is 0.0694. The van der Waals surface area contributed by atoms with E-state index in [1.807, 2.05) is 12.4 Å². The Morgan fingerprint density at radius 1 is 0.822 bits per heavy atom. The van der Waals surface area contributed by atoms with E-state index in [2.05, 4.69) is 107 Å². The number of aromatic nitrogens is 2. The summed E-state index contributed by atoms with van der Waals surface area (Å²) in [4.78, 5) is 33.0. The number of likely N-dealkylation sites (N-methyl/N-ethyl adjacent to an activating group) is 1. The molecule has 0 amide bonds. The van der Waals surface area contributed by atoms with Crippen LogP contribution in [0.25, 0.3) is 32.0 Å². The zero-order valence-electron chi connectivity index (χ0n) is 27.5. The van der Waals surface area contributed by atoms with Crippen LogP contribution in [0.3, 0.4) is 0 Å². The Labute approximate surface area is 277 Å². The molecule has 2 heterocycles. The lowest BCUT2D eigenvalue weighted by atomic mass is 10.0. The number of nitrogens with one attached hydrogen (secondary N) is 2. The lowest BCUT2D eigenvalue weighted by Crippen LogP contribution is -2.25. The van der Waals surface area contributed by atoms with Crippen LogP contribution in [0.5, 0.6) is 0 Å². The van der Waals surface area contributed by atoms with E-state index in [0.717, 1.165) is 56.7 Å². The molecule has 244 valence electrons. The zero-order chi connectivity index (χ0) is 32.9. The Balaban J connectivity index is 0.000000500. The first-order chi connectivity index (χ1) is 21.9. The van der Waals surface area contributed by atoms with Crippen LogP contribution in [0.15, 0.2) is 60.9 Å². The summed E-state index contributed by atoms with van der Waals surface area (Å²) in [5, 5.41) is 8.62. The molecule has 45 heavy (non-hydrogen) atoms. The predicted octanol–water partition coefficient (Wildman–Crippen LogP) is 7.30. The Kier molecular flexibility index (Phi) is 18.8. The van der Waals surface area contributed by atoms with Gasteiger partial charge < -0.3 is 20.2 Å². The zero-order valence-corrected chi connectivity index (χ0v) is 29.2. The number of benzene rings is 2. The van der Waals surface area contributed by atoms with Crippen molar-refractivity contribution < 1.29 is 14.3 Å². The first kappa shape index (κ1) is 37.9. The van der Waals surface area contributed by atoms with Gasteiger partial charge in [0.1, 0.15) is 16.3 Å². The Bertz CT molecular complexity index is 1360. The fourth-order valence-electron chi connectivity index (χ4n) is 4.35. The molecule has 8 nitrogen and oxygen atoms in total. The number of hydrogen-bond donors (Lipinski definition) is 2. The highest BCUT2D eigenvalue weighted by atomic mass is 32.1. The van der Waals surface area contributed by atoms with Gasteiger partial charge in [-0.2, -0.15) is 0 Å². The third kappa shape index (κ3) is 13.7. The molecule has 0 aliphatic rings. The van der Waals surface area contributed by atoms with Gasteiger partial charge in [0.25, 0.3) is 6.47 Å².